The van der Waals surface area contributed by atoms with Gasteiger partial charge in [0.1, 0.15) is 5.60 Å². The number of aliphatic hydroxyl groups excluding tert-OH is 1. The van der Waals surface area contributed by atoms with Gasteiger partial charge in [0.2, 0.25) is 0 Å². The molecule has 0 amide bonds. The summed E-state index contributed by atoms with van der Waals surface area (Å²) in [7, 11) is 0. The van der Waals surface area contributed by atoms with E-state index in [-0.39, 0.29) is 13.0 Å². The topological polar surface area (TPSA) is 87.1 Å². The number of rotatable bonds is 5. The maximum atomic E-state index is 12.1. The number of hydrogen-bond donors (Lipinski definition) is 2. The second-order valence-corrected chi connectivity index (χ2v) is 5.77. The van der Waals surface area contributed by atoms with E-state index in [1.54, 1.807) is 20.8 Å². The summed E-state index contributed by atoms with van der Waals surface area (Å²) in [6.07, 6.45) is 1.30. The number of Topliss-reactive ketones (excluding diaryl/α,β-unsaturated/α-hetero) is 1. The summed E-state index contributed by atoms with van der Waals surface area (Å²) in [4.78, 5) is 25.3. The normalized spacial score (nSPS) is 24.8. The monoisotopic (exact) mass is 273 g/mol. The molecular formula is C13H23NO5. The predicted molar refractivity (Wildman–Crippen MR) is 68.3 cm³/mol. The highest BCUT2D eigenvalue weighted by Crippen LogP contribution is 2.27. The molecule has 0 aliphatic carbocycles. The largest absolute Gasteiger partial charge is 0.456 e. The SMILES string of the molecule is CC(C)(C)OC(=O)C1(O)C(=O)CCN1CCCCO. The third-order valence-corrected chi connectivity index (χ3v) is 2.97. The van der Waals surface area contributed by atoms with E-state index in [1.807, 2.05) is 0 Å². The van der Waals surface area contributed by atoms with Gasteiger partial charge in [0.05, 0.1) is 0 Å². The van der Waals surface area contributed by atoms with Gasteiger partial charge in [0.25, 0.3) is 5.72 Å². The Morgan fingerprint density at radius 1 is 1.42 bits per heavy atom. The van der Waals surface area contributed by atoms with Crippen LogP contribution in [-0.2, 0) is 14.3 Å². The number of unbranched alkanes of at least 4 members (excludes halogenated alkanes) is 1. The average Bonchev–Trinajstić information content (AvgIpc) is 2.56. The van der Waals surface area contributed by atoms with Crippen molar-refractivity contribution in [1.82, 2.24) is 4.90 Å². The van der Waals surface area contributed by atoms with Crippen molar-refractivity contribution in [2.45, 2.75) is 51.4 Å². The molecule has 0 aromatic rings. The first kappa shape index (κ1) is 16.1. The zero-order valence-corrected chi connectivity index (χ0v) is 11.8. The highest BCUT2D eigenvalue weighted by molar-refractivity contribution is 6.08. The molecule has 0 saturated carbocycles. The first-order chi connectivity index (χ1) is 8.71. The molecule has 19 heavy (non-hydrogen) atoms. The van der Waals surface area contributed by atoms with E-state index < -0.39 is 23.1 Å². The maximum absolute atomic E-state index is 12.1. The number of esters is 1. The maximum Gasteiger partial charge on any atom is 0.362 e. The van der Waals surface area contributed by atoms with E-state index in [4.69, 9.17) is 9.84 Å². The minimum Gasteiger partial charge on any atom is -0.456 e. The van der Waals surface area contributed by atoms with Crippen LogP contribution in [-0.4, -0.2) is 57.9 Å². The minimum absolute atomic E-state index is 0.0483. The number of carbonyl (C=O) groups excluding carboxylic acids is 2. The average molecular weight is 273 g/mol. The van der Waals surface area contributed by atoms with E-state index >= 15 is 0 Å². The molecule has 0 bridgehead atoms. The summed E-state index contributed by atoms with van der Waals surface area (Å²) in [6.45, 7) is 5.81. The molecule has 1 atom stereocenters. The van der Waals surface area contributed by atoms with Crippen molar-refractivity contribution in [2.75, 3.05) is 19.7 Å². The number of ketones is 1. The van der Waals surface area contributed by atoms with Crippen LogP contribution in [0.25, 0.3) is 0 Å². The van der Waals surface area contributed by atoms with Crippen LogP contribution >= 0.6 is 0 Å². The molecule has 1 aliphatic rings. The fraction of sp³-hybridized carbons (Fsp3) is 0.846. The van der Waals surface area contributed by atoms with Crippen molar-refractivity contribution >= 4 is 11.8 Å². The molecule has 1 heterocycles. The zero-order chi connectivity index (χ0) is 14.7. The molecule has 1 aliphatic heterocycles. The lowest BCUT2D eigenvalue weighted by atomic mass is 10.1. The molecule has 0 radical (unpaired) electrons. The van der Waals surface area contributed by atoms with Gasteiger partial charge in [-0.25, -0.2) is 4.79 Å². The molecule has 0 aromatic heterocycles. The minimum atomic E-state index is -2.16. The Morgan fingerprint density at radius 3 is 2.58 bits per heavy atom. The van der Waals surface area contributed by atoms with Gasteiger partial charge >= 0.3 is 5.97 Å². The molecule has 0 aromatic carbocycles. The number of carbonyl (C=O) groups is 2. The number of aliphatic hydroxyl groups is 2. The van der Waals surface area contributed by atoms with Crippen LogP contribution < -0.4 is 0 Å². The molecule has 2 N–H and O–H groups in total. The first-order valence-corrected chi connectivity index (χ1v) is 6.57. The van der Waals surface area contributed by atoms with Gasteiger partial charge in [-0.05, 0) is 33.6 Å². The van der Waals surface area contributed by atoms with Gasteiger partial charge in [-0.1, -0.05) is 0 Å². The van der Waals surface area contributed by atoms with Crippen LogP contribution in [0, 0.1) is 0 Å². The third kappa shape index (κ3) is 3.75. The molecule has 6 heteroatoms. The van der Waals surface area contributed by atoms with Gasteiger partial charge in [-0.3, -0.25) is 9.69 Å². The molecule has 110 valence electrons. The standard InChI is InChI=1S/C13H23NO5/c1-12(2,3)19-11(17)13(18)10(16)6-8-14(13)7-4-5-9-15/h15,18H,4-9H2,1-3H3. The quantitative estimate of drug-likeness (QED) is 0.418. The summed E-state index contributed by atoms with van der Waals surface area (Å²) in [6, 6.07) is 0. The fourth-order valence-corrected chi connectivity index (χ4v) is 2.03. The summed E-state index contributed by atoms with van der Waals surface area (Å²) < 4.78 is 5.13. The van der Waals surface area contributed by atoms with Gasteiger partial charge < -0.3 is 14.9 Å². The summed E-state index contributed by atoms with van der Waals surface area (Å²) in [5, 5.41) is 19.1. The second kappa shape index (κ2) is 5.98. The van der Waals surface area contributed by atoms with E-state index in [0.29, 0.717) is 25.9 Å². The van der Waals surface area contributed by atoms with E-state index in [2.05, 4.69) is 0 Å². The second-order valence-electron chi connectivity index (χ2n) is 5.77. The Balaban J connectivity index is 2.78. The summed E-state index contributed by atoms with van der Waals surface area (Å²) in [5.74, 6) is -1.43. The van der Waals surface area contributed by atoms with Crippen molar-refractivity contribution < 1.29 is 24.5 Å². The van der Waals surface area contributed by atoms with Crippen molar-refractivity contribution in [3.05, 3.63) is 0 Å². The Labute approximate surface area is 113 Å². The molecule has 0 spiro atoms. The number of hydrogen-bond acceptors (Lipinski definition) is 6. The van der Waals surface area contributed by atoms with Crippen LogP contribution in [0.2, 0.25) is 0 Å². The van der Waals surface area contributed by atoms with Gasteiger partial charge in [-0.2, -0.15) is 0 Å². The lowest BCUT2D eigenvalue weighted by Gasteiger charge is -2.32. The smallest absolute Gasteiger partial charge is 0.362 e. The Bertz CT molecular complexity index is 349. The molecule has 6 nitrogen and oxygen atoms in total. The van der Waals surface area contributed by atoms with Crippen molar-refractivity contribution in [1.29, 1.82) is 0 Å². The Kier molecular flexibility index (Phi) is 5.06. The number of nitrogens with zero attached hydrogens (tertiary/aromatic N) is 1. The van der Waals surface area contributed by atoms with Gasteiger partial charge in [0, 0.05) is 26.1 Å². The highest BCUT2D eigenvalue weighted by atomic mass is 16.6. The van der Waals surface area contributed by atoms with Crippen molar-refractivity contribution in [2.24, 2.45) is 0 Å². The molecule has 1 rings (SSSR count). The number of ether oxygens (including phenoxy) is 1. The molecule has 1 saturated heterocycles. The van der Waals surface area contributed by atoms with Gasteiger partial charge in [-0.15, -0.1) is 0 Å². The zero-order valence-electron chi connectivity index (χ0n) is 11.8. The lowest BCUT2D eigenvalue weighted by Crippen LogP contribution is -2.57. The fourth-order valence-electron chi connectivity index (χ4n) is 2.03. The van der Waals surface area contributed by atoms with Crippen LogP contribution in [0.15, 0.2) is 0 Å². The van der Waals surface area contributed by atoms with Crippen LogP contribution in [0.1, 0.15) is 40.0 Å². The van der Waals surface area contributed by atoms with Crippen molar-refractivity contribution in [3.8, 4) is 0 Å². The van der Waals surface area contributed by atoms with Gasteiger partial charge in [0.15, 0.2) is 5.78 Å². The number of likely N-dealkylation sites (tertiary alicyclic amines) is 1. The lowest BCUT2D eigenvalue weighted by molar-refractivity contribution is -0.194. The Morgan fingerprint density at radius 2 is 2.05 bits per heavy atom. The third-order valence-electron chi connectivity index (χ3n) is 2.97. The van der Waals surface area contributed by atoms with Crippen LogP contribution in [0.3, 0.4) is 0 Å². The van der Waals surface area contributed by atoms with Crippen LogP contribution in [0.5, 0.6) is 0 Å². The van der Waals surface area contributed by atoms with Crippen LogP contribution in [0.4, 0.5) is 0 Å². The van der Waals surface area contributed by atoms with E-state index in [9.17, 15) is 14.7 Å². The molecule has 1 unspecified atom stereocenters. The predicted octanol–water partition coefficient (Wildman–Crippen LogP) is 0.0640. The first-order valence-electron chi connectivity index (χ1n) is 6.57. The molecular weight excluding hydrogens is 250 g/mol. The molecule has 1 fully saturated rings. The van der Waals surface area contributed by atoms with Crippen molar-refractivity contribution in [3.63, 3.8) is 0 Å². The Hall–Kier alpha value is -0.980. The summed E-state index contributed by atoms with van der Waals surface area (Å²) >= 11 is 0. The highest BCUT2D eigenvalue weighted by Gasteiger charge is 2.55. The van der Waals surface area contributed by atoms with E-state index in [1.165, 1.54) is 4.90 Å². The summed E-state index contributed by atoms with van der Waals surface area (Å²) in [5.41, 5.74) is -2.92. The van der Waals surface area contributed by atoms with E-state index in [0.717, 1.165) is 0 Å².